The summed E-state index contributed by atoms with van der Waals surface area (Å²) in [4.78, 5) is 22.2. The Hall–Kier alpha value is -3.87. The number of phenols is 1. The van der Waals surface area contributed by atoms with Gasteiger partial charge in [0.2, 0.25) is 0 Å². The van der Waals surface area contributed by atoms with E-state index in [9.17, 15) is 5.11 Å². The summed E-state index contributed by atoms with van der Waals surface area (Å²) in [6.45, 7) is 1.93. The molecular formula is C21H18N6O. The second kappa shape index (κ2) is 7.79. The molecule has 0 unspecified atom stereocenters. The molecule has 0 spiro atoms. The smallest absolute Gasteiger partial charge is 0.180 e. The zero-order valence-corrected chi connectivity index (χ0v) is 15.2. The van der Waals surface area contributed by atoms with Gasteiger partial charge in [0.05, 0.1) is 0 Å². The number of aromatic nitrogens is 5. The van der Waals surface area contributed by atoms with Crippen LogP contribution in [-0.2, 0) is 6.42 Å². The summed E-state index contributed by atoms with van der Waals surface area (Å²) in [7, 11) is 0. The van der Waals surface area contributed by atoms with Crippen LogP contribution in [0.25, 0.3) is 11.5 Å². The van der Waals surface area contributed by atoms with Crippen molar-refractivity contribution in [3.05, 3.63) is 84.1 Å². The lowest BCUT2D eigenvalue weighted by Gasteiger charge is -2.08. The van der Waals surface area contributed by atoms with E-state index in [4.69, 9.17) is 0 Å². The number of rotatable bonds is 5. The maximum atomic E-state index is 9.39. The molecule has 0 atom stereocenters. The third kappa shape index (κ3) is 4.27. The van der Waals surface area contributed by atoms with E-state index in [0.717, 1.165) is 17.0 Å². The van der Waals surface area contributed by atoms with Crippen LogP contribution in [0.1, 0.15) is 17.1 Å². The number of hydrogen-bond donors (Lipinski definition) is 2. The van der Waals surface area contributed by atoms with Crippen molar-refractivity contribution in [3.63, 3.8) is 0 Å². The highest BCUT2D eigenvalue weighted by Gasteiger charge is 2.07. The fourth-order valence-corrected chi connectivity index (χ4v) is 2.70. The van der Waals surface area contributed by atoms with Gasteiger partial charge in [-0.25, -0.2) is 24.9 Å². The average Bonchev–Trinajstić information content (AvgIpc) is 2.70. The molecule has 2 N–H and O–H groups in total. The molecule has 28 heavy (non-hydrogen) atoms. The second-order valence-corrected chi connectivity index (χ2v) is 6.26. The maximum Gasteiger partial charge on any atom is 0.180 e. The quantitative estimate of drug-likeness (QED) is 0.553. The van der Waals surface area contributed by atoms with Crippen molar-refractivity contribution in [1.29, 1.82) is 0 Å². The van der Waals surface area contributed by atoms with Gasteiger partial charge < -0.3 is 10.4 Å². The summed E-state index contributed by atoms with van der Waals surface area (Å²) in [5.41, 5.74) is 2.65. The van der Waals surface area contributed by atoms with E-state index in [1.54, 1.807) is 36.7 Å². The molecule has 3 aromatic heterocycles. The Bertz CT molecular complexity index is 1100. The second-order valence-electron chi connectivity index (χ2n) is 6.26. The molecule has 0 fully saturated rings. The Morgan fingerprint density at radius 2 is 1.57 bits per heavy atom. The lowest BCUT2D eigenvalue weighted by molar-refractivity contribution is 0.475. The van der Waals surface area contributed by atoms with Gasteiger partial charge in [-0.2, -0.15) is 0 Å². The summed E-state index contributed by atoms with van der Waals surface area (Å²) in [5, 5.41) is 12.6. The normalized spacial score (nSPS) is 10.6. The summed E-state index contributed by atoms with van der Waals surface area (Å²) in [6.07, 6.45) is 3.96. The van der Waals surface area contributed by atoms with Crippen molar-refractivity contribution in [2.24, 2.45) is 0 Å². The summed E-state index contributed by atoms with van der Waals surface area (Å²) >= 11 is 0. The minimum absolute atomic E-state index is 0.239. The Labute approximate surface area is 162 Å². The van der Waals surface area contributed by atoms with Crippen molar-refractivity contribution < 1.29 is 5.11 Å². The number of phenolic OH excluding ortho intramolecular Hbond substituents is 1. The Kier molecular flexibility index (Phi) is 4.88. The van der Waals surface area contributed by atoms with Gasteiger partial charge in [-0.05, 0) is 48.9 Å². The molecule has 0 saturated heterocycles. The van der Waals surface area contributed by atoms with Crippen molar-refractivity contribution in [1.82, 2.24) is 24.9 Å². The van der Waals surface area contributed by atoms with Crippen LogP contribution >= 0.6 is 0 Å². The molecule has 138 valence electrons. The molecule has 0 aliphatic carbocycles. The summed E-state index contributed by atoms with van der Waals surface area (Å²) in [6, 6.07) is 16.3. The Morgan fingerprint density at radius 1 is 0.821 bits per heavy atom. The fourth-order valence-electron chi connectivity index (χ4n) is 2.70. The molecule has 0 radical (unpaired) electrons. The Balaban J connectivity index is 1.53. The van der Waals surface area contributed by atoms with Gasteiger partial charge in [0.15, 0.2) is 5.82 Å². The highest BCUT2D eigenvalue weighted by molar-refractivity contribution is 5.56. The molecule has 0 bridgehead atoms. The predicted molar refractivity (Wildman–Crippen MR) is 106 cm³/mol. The fraction of sp³-hybridized carbons (Fsp3) is 0.0952. The molecule has 7 heteroatoms. The summed E-state index contributed by atoms with van der Waals surface area (Å²) < 4.78 is 0. The van der Waals surface area contributed by atoms with Gasteiger partial charge in [-0.3, -0.25) is 0 Å². The lowest BCUT2D eigenvalue weighted by atomic mass is 10.1. The van der Waals surface area contributed by atoms with Crippen LogP contribution in [0.4, 0.5) is 11.6 Å². The lowest BCUT2D eigenvalue weighted by Crippen LogP contribution is -2.03. The first-order valence-electron chi connectivity index (χ1n) is 8.80. The van der Waals surface area contributed by atoms with E-state index in [1.807, 2.05) is 37.3 Å². The zero-order valence-electron chi connectivity index (χ0n) is 15.2. The molecule has 3 heterocycles. The van der Waals surface area contributed by atoms with E-state index < -0.39 is 0 Å². The van der Waals surface area contributed by atoms with Crippen LogP contribution in [0, 0.1) is 6.92 Å². The van der Waals surface area contributed by atoms with Gasteiger partial charge in [-0.1, -0.05) is 18.2 Å². The molecule has 0 amide bonds. The molecule has 0 saturated carbocycles. The van der Waals surface area contributed by atoms with E-state index >= 15 is 0 Å². The van der Waals surface area contributed by atoms with Crippen molar-refractivity contribution in [3.8, 4) is 17.3 Å². The third-order valence-corrected chi connectivity index (χ3v) is 4.03. The number of anilines is 2. The molecule has 0 aliphatic heterocycles. The highest BCUT2D eigenvalue weighted by Crippen LogP contribution is 2.18. The summed E-state index contributed by atoms with van der Waals surface area (Å²) in [5.74, 6) is 2.73. The number of pyridine rings is 1. The van der Waals surface area contributed by atoms with Crippen molar-refractivity contribution in [2.75, 3.05) is 5.32 Å². The van der Waals surface area contributed by atoms with E-state index in [2.05, 4.69) is 30.2 Å². The average molecular weight is 370 g/mol. The van der Waals surface area contributed by atoms with E-state index in [-0.39, 0.29) is 5.75 Å². The van der Waals surface area contributed by atoms with Crippen molar-refractivity contribution in [2.45, 2.75) is 13.3 Å². The number of nitrogens with one attached hydrogen (secondary N) is 1. The van der Waals surface area contributed by atoms with Crippen LogP contribution in [0.5, 0.6) is 5.75 Å². The molecule has 4 aromatic rings. The predicted octanol–water partition coefficient (Wildman–Crippen LogP) is 3.68. The first kappa shape index (κ1) is 17.5. The first-order valence-corrected chi connectivity index (χ1v) is 8.80. The SMILES string of the molecule is Cc1cccc(-c2nccc(Nc3ccnc(Cc4ccc(O)cc4)n3)n2)n1. The third-order valence-electron chi connectivity index (χ3n) is 4.03. The number of benzene rings is 1. The number of aromatic hydroxyl groups is 1. The number of nitrogens with zero attached hydrogens (tertiary/aromatic N) is 5. The van der Waals surface area contributed by atoms with Crippen molar-refractivity contribution >= 4 is 11.6 Å². The Morgan fingerprint density at radius 3 is 2.36 bits per heavy atom. The highest BCUT2D eigenvalue weighted by atomic mass is 16.3. The van der Waals surface area contributed by atoms with Crippen LogP contribution in [0.15, 0.2) is 67.0 Å². The van der Waals surface area contributed by atoms with Crippen LogP contribution < -0.4 is 5.32 Å². The van der Waals surface area contributed by atoms with Gasteiger partial charge in [0.25, 0.3) is 0 Å². The standard InChI is InChI=1S/C21H18N6O/c1-14-3-2-4-17(24-14)21-23-12-10-19(27-21)25-18-9-11-22-20(26-18)13-15-5-7-16(28)8-6-15/h2-12,28H,13H2,1H3,(H,22,23,25,26,27). The van der Waals surface area contributed by atoms with E-state index in [1.165, 1.54) is 0 Å². The largest absolute Gasteiger partial charge is 0.508 e. The van der Waals surface area contributed by atoms with Crippen LogP contribution in [-0.4, -0.2) is 30.0 Å². The zero-order chi connectivity index (χ0) is 19.3. The number of aryl methyl sites for hydroxylation is 1. The molecule has 7 nitrogen and oxygen atoms in total. The molecule has 0 aliphatic rings. The number of hydrogen-bond acceptors (Lipinski definition) is 7. The first-order chi connectivity index (χ1) is 13.7. The van der Waals surface area contributed by atoms with Gasteiger partial charge in [0.1, 0.15) is 28.9 Å². The van der Waals surface area contributed by atoms with Crippen LogP contribution in [0.2, 0.25) is 0 Å². The minimum atomic E-state index is 0.239. The van der Waals surface area contributed by atoms with Gasteiger partial charge in [-0.15, -0.1) is 0 Å². The maximum absolute atomic E-state index is 9.39. The van der Waals surface area contributed by atoms with Gasteiger partial charge >= 0.3 is 0 Å². The molecular weight excluding hydrogens is 352 g/mol. The van der Waals surface area contributed by atoms with Gasteiger partial charge in [0, 0.05) is 24.5 Å². The molecule has 4 rings (SSSR count). The minimum Gasteiger partial charge on any atom is -0.508 e. The molecule has 1 aromatic carbocycles. The van der Waals surface area contributed by atoms with Crippen LogP contribution in [0.3, 0.4) is 0 Å². The topological polar surface area (TPSA) is 96.7 Å². The van der Waals surface area contributed by atoms with E-state index in [0.29, 0.717) is 29.7 Å². The monoisotopic (exact) mass is 370 g/mol.